The van der Waals surface area contributed by atoms with Crippen LogP contribution in [0, 0.1) is 11.8 Å². The molecule has 1 saturated carbocycles. The van der Waals surface area contributed by atoms with Gasteiger partial charge in [0.2, 0.25) is 0 Å². The van der Waals surface area contributed by atoms with Gasteiger partial charge in [-0.15, -0.1) is 0 Å². The highest BCUT2D eigenvalue weighted by Gasteiger charge is 2.37. The predicted molar refractivity (Wildman–Crippen MR) is 56.6 cm³/mol. The summed E-state index contributed by atoms with van der Waals surface area (Å²) in [6.45, 7) is 4.56. The third kappa shape index (κ3) is 1.69. The molecule has 1 aliphatic carbocycles. The number of rotatable bonds is 1. The Kier molecular flexibility index (Phi) is 2.35. The van der Waals surface area contributed by atoms with E-state index >= 15 is 0 Å². The number of hydrogen-bond acceptors (Lipinski definition) is 2. The Hall–Kier alpha value is -0.830. The average molecular weight is 193 g/mol. The molecule has 1 aromatic rings. The maximum Gasteiger partial charge on any atom is 0.126 e. The van der Waals surface area contributed by atoms with Crippen LogP contribution in [0.4, 0.5) is 0 Å². The number of hydrogen-bond donors (Lipinski definition) is 2. The van der Waals surface area contributed by atoms with Crippen LogP contribution in [-0.4, -0.2) is 9.97 Å². The highest BCUT2D eigenvalue weighted by Crippen LogP contribution is 2.39. The molecule has 0 unspecified atom stereocenters. The van der Waals surface area contributed by atoms with Gasteiger partial charge in [-0.05, 0) is 31.1 Å². The van der Waals surface area contributed by atoms with Crippen molar-refractivity contribution >= 4 is 0 Å². The molecule has 1 aliphatic rings. The van der Waals surface area contributed by atoms with Crippen molar-refractivity contribution in [3.05, 3.63) is 18.2 Å². The topological polar surface area (TPSA) is 54.7 Å². The minimum Gasteiger partial charge on any atom is -0.347 e. The molecule has 3 nitrogen and oxygen atoms in total. The van der Waals surface area contributed by atoms with Gasteiger partial charge < -0.3 is 10.7 Å². The van der Waals surface area contributed by atoms with Crippen molar-refractivity contribution in [2.75, 3.05) is 0 Å². The quantitative estimate of drug-likeness (QED) is 0.717. The maximum atomic E-state index is 6.41. The first-order chi connectivity index (χ1) is 6.60. The Balaban J connectivity index is 2.22. The van der Waals surface area contributed by atoms with Crippen LogP contribution in [0.3, 0.4) is 0 Å². The lowest BCUT2D eigenvalue weighted by Gasteiger charge is -2.38. The lowest BCUT2D eigenvalue weighted by molar-refractivity contribution is 0.176. The van der Waals surface area contributed by atoms with Crippen LogP contribution < -0.4 is 5.73 Å². The van der Waals surface area contributed by atoms with E-state index in [0.717, 1.165) is 18.7 Å². The molecule has 14 heavy (non-hydrogen) atoms. The van der Waals surface area contributed by atoms with Crippen molar-refractivity contribution in [2.45, 2.75) is 38.6 Å². The second-order valence-electron chi connectivity index (χ2n) is 4.95. The Labute approximate surface area is 85.1 Å². The zero-order valence-electron chi connectivity index (χ0n) is 8.96. The molecular formula is C11H19N3. The van der Waals surface area contributed by atoms with Crippen LogP contribution in [0.1, 0.15) is 38.9 Å². The lowest BCUT2D eigenvalue weighted by Crippen LogP contribution is -2.44. The predicted octanol–water partition coefficient (Wildman–Crippen LogP) is 2.02. The molecule has 1 aromatic heterocycles. The fraction of sp³-hybridized carbons (Fsp3) is 0.727. The van der Waals surface area contributed by atoms with Crippen LogP contribution >= 0.6 is 0 Å². The number of nitrogens with zero attached hydrogens (tertiary/aromatic N) is 1. The average Bonchev–Trinajstić information content (AvgIpc) is 2.52. The van der Waals surface area contributed by atoms with Gasteiger partial charge in [0.1, 0.15) is 5.82 Å². The summed E-state index contributed by atoms with van der Waals surface area (Å²) >= 11 is 0. The van der Waals surface area contributed by atoms with E-state index in [0.29, 0.717) is 11.8 Å². The van der Waals surface area contributed by atoms with Gasteiger partial charge in [-0.2, -0.15) is 0 Å². The highest BCUT2D eigenvalue weighted by atomic mass is 15.0. The smallest absolute Gasteiger partial charge is 0.126 e. The zero-order chi connectivity index (χ0) is 10.2. The number of H-pyrrole nitrogens is 1. The first-order valence-corrected chi connectivity index (χ1v) is 5.39. The number of imidazole rings is 1. The summed E-state index contributed by atoms with van der Waals surface area (Å²) < 4.78 is 0. The summed E-state index contributed by atoms with van der Waals surface area (Å²) in [5, 5.41) is 0. The number of nitrogens with two attached hydrogens (primary N) is 1. The Morgan fingerprint density at radius 1 is 1.43 bits per heavy atom. The van der Waals surface area contributed by atoms with Gasteiger partial charge in [-0.3, -0.25) is 0 Å². The number of aromatic nitrogens is 2. The van der Waals surface area contributed by atoms with E-state index < -0.39 is 0 Å². The summed E-state index contributed by atoms with van der Waals surface area (Å²) in [7, 11) is 0. The monoisotopic (exact) mass is 193 g/mol. The molecule has 78 valence electrons. The molecule has 0 spiro atoms. The summed E-state index contributed by atoms with van der Waals surface area (Å²) in [6.07, 6.45) is 7.02. The van der Waals surface area contributed by atoms with E-state index in [2.05, 4.69) is 23.8 Å². The molecule has 0 aliphatic heterocycles. The summed E-state index contributed by atoms with van der Waals surface area (Å²) in [5.41, 5.74) is 6.19. The van der Waals surface area contributed by atoms with Gasteiger partial charge in [0.05, 0.1) is 5.54 Å². The Morgan fingerprint density at radius 2 is 2.07 bits per heavy atom. The minimum atomic E-state index is -0.222. The van der Waals surface area contributed by atoms with Crippen molar-refractivity contribution < 1.29 is 0 Å². The molecule has 0 bridgehead atoms. The van der Waals surface area contributed by atoms with E-state index in [1.165, 1.54) is 6.42 Å². The maximum absolute atomic E-state index is 6.41. The van der Waals surface area contributed by atoms with Crippen molar-refractivity contribution in [3.63, 3.8) is 0 Å². The summed E-state index contributed by atoms with van der Waals surface area (Å²) in [6, 6.07) is 0. The third-order valence-corrected chi connectivity index (χ3v) is 3.20. The highest BCUT2D eigenvalue weighted by molar-refractivity contribution is 5.08. The van der Waals surface area contributed by atoms with E-state index in [9.17, 15) is 0 Å². The largest absolute Gasteiger partial charge is 0.347 e. The van der Waals surface area contributed by atoms with E-state index in [-0.39, 0.29) is 5.54 Å². The van der Waals surface area contributed by atoms with Crippen LogP contribution in [0.15, 0.2) is 12.4 Å². The zero-order valence-corrected chi connectivity index (χ0v) is 8.96. The van der Waals surface area contributed by atoms with Crippen molar-refractivity contribution in [3.8, 4) is 0 Å². The fourth-order valence-corrected chi connectivity index (χ4v) is 2.91. The van der Waals surface area contributed by atoms with Gasteiger partial charge in [-0.25, -0.2) is 4.98 Å². The summed E-state index contributed by atoms with van der Waals surface area (Å²) in [4.78, 5) is 7.45. The van der Waals surface area contributed by atoms with Gasteiger partial charge in [0, 0.05) is 12.4 Å². The summed E-state index contributed by atoms with van der Waals surface area (Å²) in [5.74, 6) is 2.36. The first-order valence-electron chi connectivity index (χ1n) is 5.39. The standard InChI is InChI=1S/C11H19N3/c1-8-5-9(2)7-11(12,6-8)10-13-3-4-14-10/h3-4,8-9H,5-7,12H2,1-2H3,(H,13,14)/t8-,9-/m1/s1. The van der Waals surface area contributed by atoms with E-state index in [1.807, 2.05) is 6.20 Å². The minimum absolute atomic E-state index is 0.222. The van der Waals surface area contributed by atoms with Crippen molar-refractivity contribution in [1.82, 2.24) is 9.97 Å². The first kappa shape index (κ1) is 9.71. The van der Waals surface area contributed by atoms with Crippen molar-refractivity contribution in [1.29, 1.82) is 0 Å². The normalized spacial score (nSPS) is 38.5. The second-order valence-corrected chi connectivity index (χ2v) is 4.95. The van der Waals surface area contributed by atoms with E-state index in [4.69, 9.17) is 5.73 Å². The van der Waals surface area contributed by atoms with Crippen LogP contribution in [-0.2, 0) is 5.54 Å². The molecule has 3 heteroatoms. The molecule has 1 heterocycles. The van der Waals surface area contributed by atoms with Gasteiger partial charge in [0.25, 0.3) is 0 Å². The molecule has 3 N–H and O–H groups in total. The number of aromatic amines is 1. The molecule has 0 radical (unpaired) electrons. The van der Waals surface area contributed by atoms with Crippen LogP contribution in [0.2, 0.25) is 0 Å². The Morgan fingerprint density at radius 3 is 2.57 bits per heavy atom. The molecule has 2 rings (SSSR count). The molecule has 0 amide bonds. The van der Waals surface area contributed by atoms with Gasteiger partial charge in [0.15, 0.2) is 0 Å². The SMILES string of the molecule is C[C@@H]1C[C@@H](C)CC(N)(c2ncc[nH]2)C1. The lowest BCUT2D eigenvalue weighted by atomic mass is 9.72. The molecule has 0 saturated heterocycles. The number of nitrogens with one attached hydrogen (secondary N) is 1. The third-order valence-electron chi connectivity index (χ3n) is 3.20. The van der Waals surface area contributed by atoms with E-state index in [1.54, 1.807) is 6.20 Å². The molecular weight excluding hydrogens is 174 g/mol. The Bertz CT molecular complexity index is 281. The fourth-order valence-electron chi connectivity index (χ4n) is 2.91. The molecule has 2 atom stereocenters. The van der Waals surface area contributed by atoms with Crippen LogP contribution in [0.5, 0.6) is 0 Å². The molecule has 1 fully saturated rings. The molecule has 0 aromatic carbocycles. The van der Waals surface area contributed by atoms with Crippen molar-refractivity contribution in [2.24, 2.45) is 17.6 Å². The second kappa shape index (κ2) is 3.39. The van der Waals surface area contributed by atoms with Crippen LogP contribution in [0.25, 0.3) is 0 Å². The van der Waals surface area contributed by atoms with Gasteiger partial charge in [-0.1, -0.05) is 13.8 Å². The van der Waals surface area contributed by atoms with Gasteiger partial charge >= 0.3 is 0 Å².